The van der Waals surface area contributed by atoms with Crippen LogP contribution in [0.2, 0.25) is 0 Å². The molecule has 0 aromatic rings. The van der Waals surface area contributed by atoms with E-state index >= 15 is 0 Å². The predicted octanol–water partition coefficient (Wildman–Crippen LogP) is 2.76. The van der Waals surface area contributed by atoms with Crippen molar-refractivity contribution < 1.29 is 0 Å². The smallest absolute Gasteiger partial charge is 0.0198 e. The van der Waals surface area contributed by atoms with E-state index in [-0.39, 0.29) is 0 Å². The maximum Gasteiger partial charge on any atom is 0.0198 e. The first kappa shape index (κ1) is 13.7. The van der Waals surface area contributed by atoms with Gasteiger partial charge >= 0.3 is 0 Å². The van der Waals surface area contributed by atoms with Crippen molar-refractivity contribution in [2.45, 2.75) is 59.2 Å². The molecule has 0 amide bonds. The van der Waals surface area contributed by atoms with E-state index in [9.17, 15) is 0 Å². The molecule has 0 aliphatic carbocycles. The molecule has 2 atom stereocenters. The van der Waals surface area contributed by atoms with Gasteiger partial charge in [0.1, 0.15) is 0 Å². The van der Waals surface area contributed by atoms with Gasteiger partial charge in [-0.15, -0.1) is 0 Å². The molecule has 1 aliphatic heterocycles. The average molecular weight is 224 g/mol. The maximum atomic E-state index is 2.63. The van der Waals surface area contributed by atoms with Crippen molar-refractivity contribution in [3.63, 3.8) is 0 Å². The zero-order valence-corrected chi connectivity index (χ0v) is 11.6. The Morgan fingerprint density at radius 2 is 1.88 bits per heavy atom. The van der Waals surface area contributed by atoms with Crippen LogP contribution in [-0.4, -0.2) is 47.6 Å². The molecule has 1 aliphatic rings. The summed E-state index contributed by atoms with van der Waals surface area (Å²) in [6.45, 7) is 15.1. The second-order valence-corrected chi connectivity index (χ2v) is 5.34. The number of nitrogens with zero attached hydrogens (tertiary/aromatic N) is 2. The topological polar surface area (TPSA) is 6.48 Å². The van der Waals surface area contributed by atoms with Crippen molar-refractivity contribution in [3.05, 3.63) is 12.2 Å². The van der Waals surface area contributed by atoms with Gasteiger partial charge in [0, 0.05) is 37.8 Å². The van der Waals surface area contributed by atoms with E-state index in [0.717, 1.165) is 0 Å². The Morgan fingerprint density at radius 1 is 1.19 bits per heavy atom. The first-order chi connectivity index (χ1) is 7.56. The Kier molecular flexibility index (Phi) is 5.50. The summed E-state index contributed by atoms with van der Waals surface area (Å²) in [5.41, 5.74) is 0. The molecule has 0 aromatic heterocycles. The minimum Gasteiger partial charge on any atom is -0.298 e. The molecule has 1 saturated heterocycles. The van der Waals surface area contributed by atoms with Crippen LogP contribution in [0.1, 0.15) is 41.0 Å². The quantitative estimate of drug-likeness (QED) is 0.678. The van der Waals surface area contributed by atoms with E-state index in [1.54, 1.807) is 0 Å². The van der Waals surface area contributed by atoms with Crippen LogP contribution in [0, 0.1) is 0 Å². The minimum absolute atomic E-state index is 0.676. The molecule has 2 nitrogen and oxygen atoms in total. The standard InChI is InChI=1S/C14H28N2/c1-6-7-8-9-15-10-14(5)16(12(2)3)11-13(15)4/h6-7,12-14H,8-11H2,1-5H3/b7-6+/t13-,14+/m0/s1. The van der Waals surface area contributed by atoms with Crippen LogP contribution in [0.4, 0.5) is 0 Å². The molecule has 0 unspecified atom stereocenters. The highest BCUT2D eigenvalue weighted by Gasteiger charge is 2.29. The third kappa shape index (κ3) is 3.60. The number of allylic oxidation sites excluding steroid dienone is 1. The highest BCUT2D eigenvalue weighted by atomic mass is 15.3. The highest BCUT2D eigenvalue weighted by molar-refractivity contribution is 4.88. The fourth-order valence-electron chi connectivity index (χ4n) is 2.66. The Balaban J connectivity index is 2.46. The van der Waals surface area contributed by atoms with Crippen LogP contribution < -0.4 is 0 Å². The summed E-state index contributed by atoms with van der Waals surface area (Å²) < 4.78 is 0. The molecule has 1 fully saturated rings. The second-order valence-electron chi connectivity index (χ2n) is 5.34. The molecule has 94 valence electrons. The monoisotopic (exact) mass is 224 g/mol. The molecule has 0 saturated carbocycles. The highest BCUT2D eigenvalue weighted by Crippen LogP contribution is 2.17. The van der Waals surface area contributed by atoms with Gasteiger partial charge in [-0.25, -0.2) is 0 Å². The van der Waals surface area contributed by atoms with Crippen molar-refractivity contribution >= 4 is 0 Å². The van der Waals surface area contributed by atoms with E-state index in [1.807, 2.05) is 0 Å². The van der Waals surface area contributed by atoms with Gasteiger partial charge < -0.3 is 0 Å². The van der Waals surface area contributed by atoms with E-state index in [2.05, 4.69) is 56.6 Å². The van der Waals surface area contributed by atoms with Gasteiger partial charge in [-0.05, 0) is 41.0 Å². The SMILES string of the molecule is C/C=C/CCN1C[C@@H](C)N(C(C)C)C[C@@H]1C. The molecule has 2 heteroatoms. The molecule has 0 bridgehead atoms. The Hall–Kier alpha value is -0.340. The summed E-state index contributed by atoms with van der Waals surface area (Å²) in [5.74, 6) is 0. The number of hydrogen-bond acceptors (Lipinski definition) is 2. The molecule has 0 aromatic carbocycles. The third-order valence-electron chi connectivity index (χ3n) is 3.65. The van der Waals surface area contributed by atoms with E-state index in [4.69, 9.17) is 0 Å². The van der Waals surface area contributed by atoms with Gasteiger partial charge in [-0.2, -0.15) is 0 Å². The number of rotatable bonds is 4. The van der Waals surface area contributed by atoms with Crippen molar-refractivity contribution in [2.24, 2.45) is 0 Å². The van der Waals surface area contributed by atoms with Crippen LogP contribution in [0.5, 0.6) is 0 Å². The molecule has 16 heavy (non-hydrogen) atoms. The Labute approximate surface area is 101 Å². The summed E-state index contributed by atoms with van der Waals surface area (Å²) in [6.07, 6.45) is 5.61. The van der Waals surface area contributed by atoms with Crippen molar-refractivity contribution in [3.8, 4) is 0 Å². The van der Waals surface area contributed by atoms with Crippen molar-refractivity contribution in [2.75, 3.05) is 19.6 Å². The molecule has 1 heterocycles. The normalized spacial score (nSPS) is 29.4. The van der Waals surface area contributed by atoms with Crippen LogP contribution >= 0.6 is 0 Å². The lowest BCUT2D eigenvalue weighted by Crippen LogP contribution is -2.58. The van der Waals surface area contributed by atoms with Crippen molar-refractivity contribution in [1.29, 1.82) is 0 Å². The van der Waals surface area contributed by atoms with Gasteiger partial charge in [-0.1, -0.05) is 12.2 Å². The fourth-order valence-corrected chi connectivity index (χ4v) is 2.66. The summed E-state index contributed by atoms with van der Waals surface area (Å²) >= 11 is 0. The maximum absolute atomic E-state index is 2.63. The zero-order valence-electron chi connectivity index (χ0n) is 11.6. The minimum atomic E-state index is 0.676. The number of piperazine rings is 1. The molecule has 0 radical (unpaired) electrons. The van der Waals surface area contributed by atoms with Crippen LogP contribution in [0.25, 0.3) is 0 Å². The molecular formula is C14H28N2. The lowest BCUT2D eigenvalue weighted by Gasteiger charge is -2.46. The molecular weight excluding hydrogens is 196 g/mol. The summed E-state index contributed by atoms with van der Waals surface area (Å²) in [4.78, 5) is 5.25. The van der Waals surface area contributed by atoms with E-state index in [1.165, 1.54) is 26.1 Å². The first-order valence-corrected chi connectivity index (χ1v) is 6.67. The molecule has 1 rings (SSSR count). The largest absolute Gasteiger partial charge is 0.298 e. The fraction of sp³-hybridized carbons (Fsp3) is 0.857. The van der Waals surface area contributed by atoms with Crippen LogP contribution in [-0.2, 0) is 0 Å². The summed E-state index contributed by atoms with van der Waals surface area (Å²) in [5, 5.41) is 0. The number of hydrogen-bond donors (Lipinski definition) is 0. The molecule has 0 N–H and O–H groups in total. The Bertz CT molecular complexity index is 223. The lowest BCUT2D eigenvalue weighted by atomic mass is 10.1. The van der Waals surface area contributed by atoms with Gasteiger partial charge in [-0.3, -0.25) is 9.80 Å². The first-order valence-electron chi connectivity index (χ1n) is 6.67. The second kappa shape index (κ2) is 6.41. The molecule has 0 spiro atoms. The van der Waals surface area contributed by atoms with E-state index in [0.29, 0.717) is 18.1 Å². The van der Waals surface area contributed by atoms with E-state index < -0.39 is 0 Å². The average Bonchev–Trinajstić information content (AvgIpc) is 2.22. The predicted molar refractivity (Wildman–Crippen MR) is 71.8 cm³/mol. The van der Waals surface area contributed by atoms with Gasteiger partial charge in [0.25, 0.3) is 0 Å². The van der Waals surface area contributed by atoms with Crippen LogP contribution in [0.15, 0.2) is 12.2 Å². The van der Waals surface area contributed by atoms with Gasteiger partial charge in [0.2, 0.25) is 0 Å². The van der Waals surface area contributed by atoms with Crippen molar-refractivity contribution in [1.82, 2.24) is 9.80 Å². The van der Waals surface area contributed by atoms with Gasteiger partial charge in [0.15, 0.2) is 0 Å². The van der Waals surface area contributed by atoms with Gasteiger partial charge in [0.05, 0.1) is 0 Å². The zero-order chi connectivity index (χ0) is 12.1. The lowest BCUT2D eigenvalue weighted by molar-refractivity contribution is 0.0248. The van der Waals surface area contributed by atoms with Crippen LogP contribution in [0.3, 0.4) is 0 Å². The summed E-state index contributed by atoms with van der Waals surface area (Å²) in [6, 6.07) is 2.07. The Morgan fingerprint density at radius 3 is 2.44 bits per heavy atom. The third-order valence-corrected chi connectivity index (χ3v) is 3.65. The summed E-state index contributed by atoms with van der Waals surface area (Å²) in [7, 11) is 0.